The highest BCUT2D eigenvalue weighted by Crippen LogP contribution is 2.28. The van der Waals surface area contributed by atoms with Gasteiger partial charge in [-0.25, -0.2) is 0 Å². The molecule has 2 aromatic rings. The molecule has 0 aromatic heterocycles. The second-order valence-electron chi connectivity index (χ2n) is 8.26. The predicted molar refractivity (Wildman–Crippen MR) is 120 cm³/mol. The van der Waals surface area contributed by atoms with E-state index in [4.69, 9.17) is 9.47 Å². The molecule has 0 spiro atoms. The highest BCUT2D eigenvalue weighted by Gasteiger charge is 2.28. The van der Waals surface area contributed by atoms with Crippen molar-refractivity contribution in [1.29, 1.82) is 0 Å². The Morgan fingerprint density at radius 2 is 1.70 bits per heavy atom. The fourth-order valence-corrected chi connectivity index (χ4v) is 4.70. The molecule has 1 atom stereocenters. The first-order valence-electron chi connectivity index (χ1n) is 10.9. The van der Waals surface area contributed by atoms with E-state index in [0.717, 1.165) is 57.1 Å². The van der Waals surface area contributed by atoms with E-state index in [1.165, 1.54) is 18.5 Å². The lowest BCUT2D eigenvalue weighted by molar-refractivity contribution is 0.0887. The molecule has 0 saturated carbocycles. The first-order valence-corrected chi connectivity index (χ1v) is 10.9. The van der Waals surface area contributed by atoms with Crippen LogP contribution in [-0.4, -0.2) is 74.4 Å². The highest BCUT2D eigenvalue weighted by atomic mass is 16.5. The fourth-order valence-electron chi connectivity index (χ4n) is 4.70. The van der Waals surface area contributed by atoms with Crippen molar-refractivity contribution in [2.45, 2.75) is 25.4 Å². The predicted octanol–water partition coefficient (Wildman–Crippen LogP) is 3.20. The first kappa shape index (κ1) is 20.8. The number of anilines is 1. The van der Waals surface area contributed by atoms with Crippen LogP contribution in [0, 0.1) is 0 Å². The van der Waals surface area contributed by atoms with Crippen molar-refractivity contribution < 1.29 is 14.6 Å². The van der Waals surface area contributed by atoms with Crippen molar-refractivity contribution in [2.75, 3.05) is 58.4 Å². The minimum Gasteiger partial charge on any atom is -0.504 e. The molecule has 6 nitrogen and oxygen atoms in total. The zero-order valence-corrected chi connectivity index (χ0v) is 18.1. The van der Waals surface area contributed by atoms with E-state index in [9.17, 15) is 5.11 Å². The lowest BCUT2D eigenvalue weighted by Crippen LogP contribution is -2.55. The average molecular weight is 412 g/mol. The highest BCUT2D eigenvalue weighted by molar-refractivity contribution is 5.49. The molecule has 2 saturated heterocycles. The van der Waals surface area contributed by atoms with Gasteiger partial charge >= 0.3 is 0 Å². The summed E-state index contributed by atoms with van der Waals surface area (Å²) < 4.78 is 10.4. The van der Waals surface area contributed by atoms with Crippen LogP contribution in [0.15, 0.2) is 42.5 Å². The van der Waals surface area contributed by atoms with Gasteiger partial charge in [0.1, 0.15) is 5.75 Å². The van der Waals surface area contributed by atoms with Crippen LogP contribution in [0.3, 0.4) is 0 Å². The third-order valence-electron chi connectivity index (χ3n) is 6.40. The summed E-state index contributed by atoms with van der Waals surface area (Å²) in [5.74, 6) is 1.66. The summed E-state index contributed by atoms with van der Waals surface area (Å²) in [6, 6.07) is 14.7. The minimum absolute atomic E-state index is 0.221. The molecule has 162 valence electrons. The van der Waals surface area contributed by atoms with Crippen molar-refractivity contribution in [3.8, 4) is 17.2 Å². The van der Waals surface area contributed by atoms with Crippen molar-refractivity contribution in [3.05, 3.63) is 48.0 Å². The van der Waals surface area contributed by atoms with E-state index in [1.54, 1.807) is 14.2 Å². The number of phenolic OH excluding ortho intramolecular Hbond substituents is 1. The SMILES string of the molecule is COc1ccc(N2CCN([C@@H]3CCCN(Cc4ccc(OC)c(O)c4)C3)CC2)cc1. The Bertz CT molecular complexity index is 819. The molecule has 2 aliphatic rings. The smallest absolute Gasteiger partial charge is 0.160 e. The minimum atomic E-state index is 0.221. The van der Waals surface area contributed by atoms with Crippen molar-refractivity contribution in [2.24, 2.45) is 0 Å². The second-order valence-corrected chi connectivity index (χ2v) is 8.26. The van der Waals surface area contributed by atoms with Gasteiger partial charge in [0.15, 0.2) is 11.5 Å². The van der Waals surface area contributed by atoms with Gasteiger partial charge in [-0.05, 0) is 61.3 Å². The van der Waals surface area contributed by atoms with E-state index in [1.807, 2.05) is 24.3 Å². The summed E-state index contributed by atoms with van der Waals surface area (Å²) >= 11 is 0. The second kappa shape index (κ2) is 9.58. The Kier molecular flexibility index (Phi) is 6.65. The molecule has 2 aliphatic heterocycles. The summed E-state index contributed by atoms with van der Waals surface area (Å²) in [5, 5.41) is 10.1. The number of nitrogens with zero attached hydrogens (tertiary/aromatic N) is 3. The van der Waals surface area contributed by atoms with E-state index in [2.05, 4.69) is 32.9 Å². The maximum absolute atomic E-state index is 10.1. The topological polar surface area (TPSA) is 48.4 Å². The first-order chi connectivity index (χ1) is 14.7. The monoisotopic (exact) mass is 411 g/mol. The quantitative estimate of drug-likeness (QED) is 0.788. The number of rotatable bonds is 6. The third kappa shape index (κ3) is 4.82. The number of likely N-dealkylation sites (tertiary alicyclic amines) is 1. The summed E-state index contributed by atoms with van der Waals surface area (Å²) in [7, 11) is 3.29. The number of piperazine rings is 1. The molecule has 0 radical (unpaired) electrons. The molecule has 6 heteroatoms. The van der Waals surface area contributed by atoms with Crippen LogP contribution in [0.1, 0.15) is 18.4 Å². The van der Waals surface area contributed by atoms with Gasteiger partial charge in [0, 0.05) is 51.0 Å². The third-order valence-corrected chi connectivity index (χ3v) is 6.40. The lowest BCUT2D eigenvalue weighted by Gasteiger charge is -2.44. The van der Waals surface area contributed by atoms with Gasteiger partial charge in [-0.15, -0.1) is 0 Å². The molecule has 2 aromatic carbocycles. The van der Waals surface area contributed by atoms with E-state index >= 15 is 0 Å². The number of methoxy groups -OCH3 is 2. The average Bonchev–Trinajstić information content (AvgIpc) is 2.80. The zero-order chi connectivity index (χ0) is 20.9. The van der Waals surface area contributed by atoms with Crippen LogP contribution in [0.2, 0.25) is 0 Å². The van der Waals surface area contributed by atoms with Crippen LogP contribution in [0.5, 0.6) is 17.2 Å². The molecular weight excluding hydrogens is 378 g/mol. The Labute approximate surface area is 179 Å². The summed E-state index contributed by atoms with van der Waals surface area (Å²) in [4.78, 5) is 7.65. The van der Waals surface area contributed by atoms with E-state index in [0.29, 0.717) is 11.8 Å². The van der Waals surface area contributed by atoms with E-state index < -0.39 is 0 Å². The van der Waals surface area contributed by atoms with Crippen molar-refractivity contribution in [1.82, 2.24) is 9.80 Å². The summed E-state index contributed by atoms with van der Waals surface area (Å²) in [6.45, 7) is 7.43. The van der Waals surface area contributed by atoms with Gasteiger partial charge in [-0.3, -0.25) is 9.80 Å². The van der Waals surface area contributed by atoms with Crippen LogP contribution in [-0.2, 0) is 6.54 Å². The zero-order valence-electron chi connectivity index (χ0n) is 18.1. The van der Waals surface area contributed by atoms with Crippen LogP contribution >= 0.6 is 0 Å². The van der Waals surface area contributed by atoms with Crippen LogP contribution < -0.4 is 14.4 Å². The maximum Gasteiger partial charge on any atom is 0.160 e. The Morgan fingerprint density at radius 3 is 2.37 bits per heavy atom. The van der Waals surface area contributed by atoms with Crippen molar-refractivity contribution in [3.63, 3.8) is 0 Å². The number of hydrogen-bond acceptors (Lipinski definition) is 6. The molecule has 1 N–H and O–H groups in total. The number of aromatic hydroxyl groups is 1. The normalized spacial score (nSPS) is 20.9. The number of phenols is 1. The number of ether oxygens (including phenoxy) is 2. The molecule has 4 rings (SSSR count). The maximum atomic E-state index is 10.1. The van der Waals surface area contributed by atoms with Crippen LogP contribution in [0.4, 0.5) is 5.69 Å². The molecular formula is C24H33N3O3. The fraction of sp³-hybridized carbons (Fsp3) is 0.500. The van der Waals surface area contributed by atoms with Gasteiger partial charge in [0.25, 0.3) is 0 Å². The Hall–Kier alpha value is -2.44. The standard InChI is InChI=1S/C24H33N3O3/c1-29-22-8-6-20(7-9-22)26-12-14-27(15-13-26)21-4-3-11-25(18-21)17-19-5-10-24(30-2)23(28)16-19/h5-10,16,21,28H,3-4,11-15,17-18H2,1-2H3/t21-/m1/s1. The van der Waals surface area contributed by atoms with Gasteiger partial charge < -0.3 is 19.5 Å². The van der Waals surface area contributed by atoms with Gasteiger partial charge in [-0.2, -0.15) is 0 Å². The molecule has 0 amide bonds. The molecule has 2 fully saturated rings. The number of piperidine rings is 1. The number of hydrogen-bond donors (Lipinski definition) is 1. The molecule has 30 heavy (non-hydrogen) atoms. The molecule has 0 unspecified atom stereocenters. The largest absolute Gasteiger partial charge is 0.504 e. The molecule has 2 heterocycles. The van der Waals surface area contributed by atoms with Gasteiger partial charge in [-0.1, -0.05) is 6.07 Å². The number of benzene rings is 2. The molecule has 0 bridgehead atoms. The Morgan fingerprint density at radius 1 is 0.933 bits per heavy atom. The van der Waals surface area contributed by atoms with Gasteiger partial charge in [0.05, 0.1) is 14.2 Å². The van der Waals surface area contributed by atoms with Crippen molar-refractivity contribution >= 4 is 5.69 Å². The van der Waals surface area contributed by atoms with Crippen LogP contribution in [0.25, 0.3) is 0 Å². The van der Waals surface area contributed by atoms with E-state index in [-0.39, 0.29) is 5.75 Å². The summed E-state index contributed by atoms with van der Waals surface area (Å²) in [6.07, 6.45) is 2.50. The Balaban J connectivity index is 1.30. The molecule has 0 aliphatic carbocycles. The van der Waals surface area contributed by atoms with Gasteiger partial charge in [0.2, 0.25) is 0 Å². The summed E-state index contributed by atoms with van der Waals surface area (Å²) in [5.41, 5.74) is 2.42. The lowest BCUT2D eigenvalue weighted by atomic mass is 10.0.